The highest BCUT2D eigenvalue weighted by molar-refractivity contribution is 5.37. The Hall–Kier alpha value is -1.95. The van der Waals surface area contributed by atoms with Gasteiger partial charge in [-0.05, 0) is 25.1 Å². The fraction of sp³-hybridized carbons (Fsp3) is 0.385. The molecule has 3 rings (SSSR count). The number of ether oxygens (including phenoxy) is 1. The van der Waals surface area contributed by atoms with Crippen molar-refractivity contribution in [2.75, 3.05) is 6.54 Å². The summed E-state index contributed by atoms with van der Waals surface area (Å²) in [4.78, 5) is 4.10. The van der Waals surface area contributed by atoms with Crippen LogP contribution in [0, 0.1) is 12.7 Å². The molecule has 6 heteroatoms. The van der Waals surface area contributed by atoms with Gasteiger partial charge in [-0.3, -0.25) is 0 Å². The highest BCUT2D eigenvalue weighted by Gasteiger charge is 2.22. The molecule has 0 amide bonds. The molecule has 5 nitrogen and oxygen atoms in total. The van der Waals surface area contributed by atoms with Gasteiger partial charge in [0.15, 0.2) is 5.82 Å². The summed E-state index contributed by atoms with van der Waals surface area (Å²) in [5, 5.41) is 6.90. The van der Waals surface area contributed by atoms with E-state index in [1.807, 2.05) is 0 Å². The van der Waals surface area contributed by atoms with Crippen molar-refractivity contribution in [3.63, 3.8) is 0 Å². The van der Waals surface area contributed by atoms with Gasteiger partial charge in [0.2, 0.25) is 5.89 Å². The summed E-state index contributed by atoms with van der Waals surface area (Å²) in [6, 6.07) is 4.61. The highest BCUT2D eigenvalue weighted by atomic mass is 19.1. The fourth-order valence-corrected chi connectivity index (χ4v) is 2.15. The number of rotatable bonds is 4. The van der Waals surface area contributed by atoms with Crippen molar-refractivity contribution in [3.8, 4) is 5.75 Å². The van der Waals surface area contributed by atoms with Crippen LogP contribution < -0.4 is 10.1 Å². The molecule has 0 saturated heterocycles. The first-order valence-electron chi connectivity index (χ1n) is 6.16. The van der Waals surface area contributed by atoms with E-state index in [9.17, 15) is 4.39 Å². The molecule has 1 aliphatic rings. The monoisotopic (exact) mass is 263 g/mol. The van der Waals surface area contributed by atoms with Crippen LogP contribution in [0.1, 0.15) is 17.3 Å². The summed E-state index contributed by atoms with van der Waals surface area (Å²) in [6.07, 6.45) is 0.726. The molecule has 2 aromatic rings. The van der Waals surface area contributed by atoms with E-state index in [0.717, 1.165) is 11.3 Å². The van der Waals surface area contributed by atoms with Gasteiger partial charge in [0.05, 0.1) is 6.54 Å². The molecule has 100 valence electrons. The Balaban J connectivity index is 1.51. The molecule has 1 N–H and O–H groups in total. The minimum absolute atomic E-state index is 0.0146. The van der Waals surface area contributed by atoms with Crippen LogP contribution in [0.4, 0.5) is 4.39 Å². The van der Waals surface area contributed by atoms with E-state index in [-0.39, 0.29) is 11.9 Å². The Morgan fingerprint density at radius 3 is 3.16 bits per heavy atom. The summed E-state index contributed by atoms with van der Waals surface area (Å²) in [5.41, 5.74) is 0.917. The van der Waals surface area contributed by atoms with Crippen molar-refractivity contribution in [1.82, 2.24) is 15.5 Å². The number of hydrogen-bond donors (Lipinski definition) is 1. The van der Waals surface area contributed by atoms with Gasteiger partial charge < -0.3 is 14.6 Å². The van der Waals surface area contributed by atoms with Crippen LogP contribution in [-0.2, 0) is 13.0 Å². The number of aromatic nitrogens is 2. The van der Waals surface area contributed by atoms with E-state index < -0.39 is 0 Å². The third-order valence-electron chi connectivity index (χ3n) is 2.98. The lowest BCUT2D eigenvalue weighted by molar-refractivity contribution is 0.224. The highest BCUT2D eigenvalue weighted by Crippen LogP contribution is 2.28. The average molecular weight is 263 g/mol. The SMILES string of the molecule is Cc1noc(CNCC2Cc3cc(F)ccc3O2)n1. The van der Waals surface area contributed by atoms with Crippen LogP contribution >= 0.6 is 0 Å². The molecule has 1 atom stereocenters. The molecule has 19 heavy (non-hydrogen) atoms. The van der Waals surface area contributed by atoms with Gasteiger partial charge in [-0.1, -0.05) is 5.16 Å². The van der Waals surface area contributed by atoms with Crippen molar-refractivity contribution < 1.29 is 13.7 Å². The maximum absolute atomic E-state index is 13.1. The van der Waals surface area contributed by atoms with Crippen molar-refractivity contribution in [3.05, 3.63) is 41.3 Å². The van der Waals surface area contributed by atoms with Gasteiger partial charge in [0.25, 0.3) is 0 Å². The van der Waals surface area contributed by atoms with E-state index in [1.54, 1.807) is 13.0 Å². The molecule has 0 spiro atoms. The molecule has 1 aromatic carbocycles. The lowest BCUT2D eigenvalue weighted by Gasteiger charge is -2.10. The smallest absolute Gasteiger partial charge is 0.240 e. The number of halogens is 1. The Morgan fingerprint density at radius 2 is 2.37 bits per heavy atom. The predicted octanol–water partition coefficient (Wildman–Crippen LogP) is 1.61. The first kappa shape index (κ1) is 12.1. The summed E-state index contributed by atoms with van der Waals surface area (Å²) in [5.74, 6) is 1.72. The summed E-state index contributed by atoms with van der Waals surface area (Å²) in [6.45, 7) is 2.93. The van der Waals surface area contributed by atoms with Gasteiger partial charge in [-0.2, -0.15) is 4.98 Å². The van der Waals surface area contributed by atoms with Gasteiger partial charge in [-0.25, -0.2) is 4.39 Å². The maximum Gasteiger partial charge on any atom is 0.240 e. The Morgan fingerprint density at radius 1 is 1.47 bits per heavy atom. The normalized spacial score (nSPS) is 17.3. The van der Waals surface area contributed by atoms with Gasteiger partial charge in [-0.15, -0.1) is 0 Å². The van der Waals surface area contributed by atoms with Crippen molar-refractivity contribution >= 4 is 0 Å². The van der Waals surface area contributed by atoms with Crippen LogP contribution in [0.5, 0.6) is 5.75 Å². The summed E-state index contributed by atoms with van der Waals surface area (Å²) in [7, 11) is 0. The fourth-order valence-electron chi connectivity index (χ4n) is 2.15. The molecule has 0 fully saturated rings. The lowest BCUT2D eigenvalue weighted by atomic mass is 10.1. The quantitative estimate of drug-likeness (QED) is 0.908. The molecule has 0 saturated carbocycles. The molecular formula is C13H14FN3O2. The number of nitrogens with zero attached hydrogens (tertiary/aromatic N) is 2. The largest absolute Gasteiger partial charge is 0.488 e. The first-order chi connectivity index (χ1) is 9.20. The van der Waals surface area contributed by atoms with E-state index in [2.05, 4.69) is 15.5 Å². The molecule has 1 aliphatic heterocycles. The molecule has 0 aliphatic carbocycles. The van der Waals surface area contributed by atoms with Crippen LogP contribution in [0.2, 0.25) is 0 Å². The van der Waals surface area contributed by atoms with E-state index in [4.69, 9.17) is 9.26 Å². The van der Waals surface area contributed by atoms with Gasteiger partial charge in [0, 0.05) is 18.5 Å². The first-order valence-corrected chi connectivity index (χ1v) is 6.16. The molecule has 1 unspecified atom stereocenters. The van der Waals surface area contributed by atoms with E-state index >= 15 is 0 Å². The number of benzene rings is 1. The zero-order chi connectivity index (χ0) is 13.2. The summed E-state index contributed by atoms with van der Waals surface area (Å²) < 4.78 is 23.8. The Kier molecular flexibility index (Phi) is 3.16. The second-order valence-electron chi connectivity index (χ2n) is 4.56. The van der Waals surface area contributed by atoms with Crippen molar-refractivity contribution in [1.29, 1.82) is 0 Å². The average Bonchev–Trinajstić information content (AvgIpc) is 2.95. The second-order valence-corrected chi connectivity index (χ2v) is 4.56. The van der Waals surface area contributed by atoms with Crippen molar-refractivity contribution in [2.45, 2.75) is 26.0 Å². The topological polar surface area (TPSA) is 60.2 Å². The van der Waals surface area contributed by atoms with Crippen molar-refractivity contribution in [2.24, 2.45) is 0 Å². The third kappa shape index (κ3) is 2.73. The van der Waals surface area contributed by atoms with Crippen LogP contribution in [0.25, 0.3) is 0 Å². The molecular weight excluding hydrogens is 249 g/mol. The minimum atomic E-state index is -0.225. The maximum atomic E-state index is 13.1. The van der Waals surface area contributed by atoms with Gasteiger partial charge >= 0.3 is 0 Å². The van der Waals surface area contributed by atoms with Gasteiger partial charge in [0.1, 0.15) is 17.7 Å². The molecule has 0 radical (unpaired) electrons. The number of fused-ring (bicyclic) bond motifs is 1. The third-order valence-corrected chi connectivity index (χ3v) is 2.98. The number of hydrogen-bond acceptors (Lipinski definition) is 5. The van der Waals surface area contributed by atoms with Crippen LogP contribution in [0.15, 0.2) is 22.7 Å². The zero-order valence-corrected chi connectivity index (χ0v) is 10.5. The Labute approximate surface area is 109 Å². The molecule has 1 aromatic heterocycles. The summed E-state index contributed by atoms with van der Waals surface area (Å²) >= 11 is 0. The standard InChI is InChI=1S/C13H14FN3O2/c1-8-16-13(19-17-8)7-15-6-11-5-9-4-10(14)2-3-12(9)18-11/h2-4,11,15H,5-7H2,1H3. The predicted molar refractivity (Wildman–Crippen MR) is 65.3 cm³/mol. The lowest BCUT2D eigenvalue weighted by Crippen LogP contribution is -2.29. The minimum Gasteiger partial charge on any atom is -0.488 e. The molecule has 0 bridgehead atoms. The van der Waals surface area contributed by atoms with Crippen LogP contribution in [0.3, 0.4) is 0 Å². The van der Waals surface area contributed by atoms with Crippen LogP contribution in [-0.4, -0.2) is 22.8 Å². The number of aryl methyl sites for hydroxylation is 1. The van der Waals surface area contributed by atoms with E-state index in [1.165, 1.54) is 12.1 Å². The molecule has 2 heterocycles. The zero-order valence-electron chi connectivity index (χ0n) is 10.5. The second kappa shape index (κ2) is 4.97. The Bertz CT molecular complexity index is 585. The number of nitrogens with one attached hydrogen (secondary N) is 1. The van der Waals surface area contributed by atoms with E-state index in [0.29, 0.717) is 31.2 Å².